The topological polar surface area (TPSA) is 58.6 Å². The van der Waals surface area contributed by atoms with Gasteiger partial charge in [-0.15, -0.1) is 0 Å². The monoisotopic (exact) mass is 326 g/mol. The molecular formula is C16H20F2N2O3. The zero-order valence-electron chi connectivity index (χ0n) is 12.9. The number of halogens is 2. The first-order valence-corrected chi connectivity index (χ1v) is 7.51. The van der Waals surface area contributed by atoms with Crippen molar-refractivity contribution in [2.24, 2.45) is 0 Å². The lowest BCUT2D eigenvalue weighted by Gasteiger charge is -2.25. The Labute approximate surface area is 133 Å². The number of amides is 2. The summed E-state index contributed by atoms with van der Waals surface area (Å²) in [5.41, 5.74) is 0.701. The molecule has 0 radical (unpaired) electrons. The highest BCUT2D eigenvalue weighted by Gasteiger charge is 2.22. The summed E-state index contributed by atoms with van der Waals surface area (Å²) < 4.78 is 28.8. The number of hydrogen-bond donors (Lipinski definition) is 1. The molecule has 1 heterocycles. The number of nitrogens with zero attached hydrogens (tertiary/aromatic N) is 1. The number of benzene rings is 1. The van der Waals surface area contributed by atoms with Gasteiger partial charge in [0, 0.05) is 32.5 Å². The van der Waals surface area contributed by atoms with Crippen LogP contribution in [-0.2, 0) is 16.1 Å². The van der Waals surface area contributed by atoms with Crippen LogP contribution in [0.5, 0.6) is 5.75 Å². The molecule has 0 aliphatic carbocycles. The molecule has 1 atom stereocenters. The number of alkyl halides is 2. The maximum Gasteiger partial charge on any atom is 0.387 e. The summed E-state index contributed by atoms with van der Waals surface area (Å²) in [4.78, 5) is 25.1. The number of hydrogen-bond acceptors (Lipinski definition) is 3. The van der Waals surface area contributed by atoms with Crippen molar-refractivity contribution in [3.8, 4) is 5.75 Å². The van der Waals surface area contributed by atoms with Crippen LogP contribution in [0.2, 0.25) is 0 Å². The highest BCUT2D eigenvalue weighted by Crippen LogP contribution is 2.18. The Morgan fingerprint density at radius 1 is 1.48 bits per heavy atom. The molecule has 126 valence electrons. The summed E-state index contributed by atoms with van der Waals surface area (Å²) in [6.45, 7) is -2.58. The molecule has 0 saturated carbocycles. The Bertz CT molecular complexity index is 566. The van der Waals surface area contributed by atoms with Crippen LogP contribution in [0.3, 0.4) is 0 Å². The number of nitrogens with one attached hydrogen (secondary N) is 1. The first-order chi connectivity index (χ1) is 10.9. The lowest BCUT2D eigenvalue weighted by atomic mass is 10.0. The standard InChI is InChI=1S/C16H20F2N2O3/c1-20(15(22)9-12-5-3-7-14(21)19-12)10-11-4-2-6-13(8-11)23-16(17)18/h2,4,6,8,12,16H,3,5,7,9-10H2,1H3,(H,19,21). The summed E-state index contributed by atoms with van der Waals surface area (Å²) in [5.74, 6) is -0.0520. The third kappa shape index (κ3) is 5.50. The molecule has 1 N–H and O–H groups in total. The second kappa shape index (κ2) is 7.89. The van der Waals surface area contributed by atoms with E-state index in [0.29, 0.717) is 18.5 Å². The first-order valence-electron chi connectivity index (χ1n) is 7.51. The molecule has 7 heteroatoms. The predicted octanol–water partition coefficient (Wildman–Crippen LogP) is 2.31. The molecule has 5 nitrogen and oxygen atoms in total. The van der Waals surface area contributed by atoms with Gasteiger partial charge in [-0.3, -0.25) is 9.59 Å². The summed E-state index contributed by atoms with van der Waals surface area (Å²) in [6, 6.07) is 6.14. The van der Waals surface area contributed by atoms with Crippen molar-refractivity contribution >= 4 is 11.8 Å². The predicted molar refractivity (Wildman–Crippen MR) is 79.9 cm³/mol. The summed E-state index contributed by atoms with van der Waals surface area (Å²) in [5, 5.41) is 2.81. The minimum Gasteiger partial charge on any atom is -0.435 e. The van der Waals surface area contributed by atoms with Crippen LogP contribution in [0.4, 0.5) is 8.78 Å². The Balaban J connectivity index is 1.89. The van der Waals surface area contributed by atoms with Gasteiger partial charge in [0.05, 0.1) is 0 Å². The first kappa shape index (κ1) is 17.2. The van der Waals surface area contributed by atoms with Gasteiger partial charge in [-0.05, 0) is 30.5 Å². The van der Waals surface area contributed by atoms with Crippen molar-refractivity contribution in [3.05, 3.63) is 29.8 Å². The highest BCUT2D eigenvalue weighted by atomic mass is 19.3. The molecule has 1 unspecified atom stereocenters. The van der Waals surface area contributed by atoms with Crippen LogP contribution >= 0.6 is 0 Å². The fourth-order valence-corrected chi connectivity index (χ4v) is 2.58. The van der Waals surface area contributed by atoms with E-state index < -0.39 is 6.61 Å². The minimum absolute atomic E-state index is 0.0199. The second-order valence-electron chi connectivity index (χ2n) is 5.64. The van der Waals surface area contributed by atoms with E-state index in [2.05, 4.69) is 10.1 Å². The zero-order chi connectivity index (χ0) is 16.8. The van der Waals surface area contributed by atoms with Gasteiger partial charge < -0.3 is 15.0 Å². The third-order valence-electron chi connectivity index (χ3n) is 3.71. The van der Waals surface area contributed by atoms with Gasteiger partial charge in [0.25, 0.3) is 0 Å². The van der Waals surface area contributed by atoms with E-state index in [-0.39, 0.29) is 30.0 Å². The summed E-state index contributed by atoms with van der Waals surface area (Å²) >= 11 is 0. The molecule has 1 aromatic rings. The van der Waals surface area contributed by atoms with E-state index in [1.165, 1.54) is 17.0 Å². The Hall–Kier alpha value is -2.18. The molecule has 2 rings (SSSR count). The van der Waals surface area contributed by atoms with E-state index >= 15 is 0 Å². The van der Waals surface area contributed by atoms with Crippen LogP contribution in [0.1, 0.15) is 31.2 Å². The number of rotatable bonds is 6. The third-order valence-corrected chi connectivity index (χ3v) is 3.71. The Morgan fingerprint density at radius 3 is 2.96 bits per heavy atom. The smallest absolute Gasteiger partial charge is 0.387 e. The lowest BCUT2D eigenvalue weighted by Crippen LogP contribution is -2.42. The van der Waals surface area contributed by atoms with Crippen LogP contribution < -0.4 is 10.1 Å². The van der Waals surface area contributed by atoms with Crippen molar-refractivity contribution in [1.29, 1.82) is 0 Å². The zero-order valence-corrected chi connectivity index (χ0v) is 12.9. The quantitative estimate of drug-likeness (QED) is 0.873. The normalized spacial score (nSPS) is 17.7. The van der Waals surface area contributed by atoms with Crippen LogP contribution in [-0.4, -0.2) is 36.4 Å². The molecule has 2 amide bonds. The summed E-state index contributed by atoms with van der Waals surface area (Å²) in [7, 11) is 1.65. The van der Waals surface area contributed by atoms with E-state index in [1.807, 2.05) is 0 Å². The maximum atomic E-state index is 12.2. The van der Waals surface area contributed by atoms with Crippen LogP contribution in [0, 0.1) is 0 Å². The van der Waals surface area contributed by atoms with Gasteiger partial charge in [0.2, 0.25) is 11.8 Å². The molecule has 0 aromatic heterocycles. The fourth-order valence-electron chi connectivity index (χ4n) is 2.58. The second-order valence-corrected chi connectivity index (χ2v) is 5.64. The van der Waals surface area contributed by atoms with Gasteiger partial charge in [0.1, 0.15) is 5.75 Å². The maximum absolute atomic E-state index is 12.2. The molecule has 1 aromatic carbocycles. The average molecular weight is 326 g/mol. The molecule has 1 fully saturated rings. The van der Waals surface area contributed by atoms with Crippen molar-refractivity contribution in [2.75, 3.05) is 7.05 Å². The molecule has 1 saturated heterocycles. The number of carbonyl (C=O) groups excluding carboxylic acids is 2. The molecule has 0 bridgehead atoms. The summed E-state index contributed by atoms with van der Waals surface area (Å²) in [6.07, 6.45) is 2.34. The number of piperidine rings is 1. The number of ether oxygens (including phenoxy) is 1. The number of carbonyl (C=O) groups is 2. The largest absolute Gasteiger partial charge is 0.435 e. The van der Waals surface area contributed by atoms with Gasteiger partial charge in [0.15, 0.2) is 0 Å². The van der Waals surface area contributed by atoms with Gasteiger partial charge in [-0.2, -0.15) is 8.78 Å². The van der Waals surface area contributed by atoms with E-state index in [9.17, 15) is 18.4 Å². The minimum atomic E-state index is -2.88. The SMILES string of the molecule is CN(Cc1cccc(OC(F)F)c1)C(=O)CC1CCCC(=O)N1. The van der Waals surface area contributed by atoms with Gasteiger partial charge >= 0.3 is 6.61 Å². The van der Waals surface area contributed by atoms with E-state index in [4.69, 9.17) is 0 Å². The van der Waals surface area contributed by atoms with Crippen LogP contribution in [0.15, 0.2) is 24.3 Å². The Morgan fingerprint density at radius 2 is 2.26 bits per heavy atom. The van der Waals surface area contributed by atoms with Crippen molar-refractivity contribution in [2.45, 2.75) is 44.9 Å². The molecule has 1 aliphatic rings. The van der Waals surface area contributed by atoms with Crippen molar-refractivity contribution < 1.29 is 23.1 Å². The van der Waals surface area contributed by atoms with Crippen molar-refractivity contribution in [1.82, 2.24) is 10.2 Å². The Kier molecular flexibility index (Phi) is 5.90. The molecular weight excluding hydrogens is 306 g/mol. The molecule has 0 spiro atoms. The van der Waals surface area contributed by atoms with Gasteiger partial charge in [-0.25, -0.2) is 0 Å². The molecule has 23 heavy (non-hydrogen) atoms. The van der Waals surface area contributed by atoms with E-state index in [1.54, 1.807) is 19.2 Å². The fraction of sp³-hybridized carbons (Fsp3) is 0.500. The van der Waals surface area contributed by atoms with Crippen molar-refractivity contribution in [3.63, 3.8) is 0 Å². The van der Waals surface area contributed by atoms with Crippen LogP contribution in [0.25, 0.3) is 0 Å². The molecule has 1 aliphatic heterocycles. The average Bonchev–Trinajstić information content (AvgIpc) is 2.46. The van der Waals surface area contributed by atoms with E-state index in [0.717, 1.165) is 12.8 Å². The lowest BCUT2D eigenvalue weighted by molar-refractivity contribution is -0.131. The van der Waals surface area contributed by atoms with Gasteiger partial charge in [-0.1, -0.05) is 12.1 Å². The highest BCUT2D eigenvalue weighted by molar-refractivity contribution is 5.80.